The number of fused-ring (bicyclic) bond motifs is 1. The van der Waals surface area contributed by atoms with Crippen molar-refractivity contribution in [2.45, 2.75) is 39.5 Å². The van der Waals surface area contributed by atoms with Gasteiger partial charge in [-0.1, -0.05) is 45.0 Å². The lowest BCUT2D eigenvalue weighted by molar-refractivity contribution is -0.114. The van der Waals surface area contributed by atoms with Crippen LogP contribution in [0.3, 0.4) is 0 Å². The van der Waals surface area contributed by atoms with Gasteiger partial charge in [-0.05, 0) is 72.0 Å². The SMILES string of the molecule is CCC1=NN2C(=N)/C(=C/c3ccc(OCCOc4ccc(C(C)CC)cc4)cc3)C(=O)N=C2S1. The molecule has 2 aromatic carbocycles. The van der Waals surface area contributed by atoms with Crippen LogP contribution in [0.25, 0.3) is 6.08 Å². The van der Waals surface area contributed by atoms with Crippen LogP contribution in [0.1, 0.15) is 50.7 Å². The number of hydrazone groups is 1. The van der Waals surface area contributed by atoms with Gasteiger partial charge in [0.25, 0.3) is 5.91 Å². The fourth-order valence-corrected chi connectivity index (χ4v) is 4.27. The van der Waals surface area contributed by atoms with Gasteiger partial charge in [0.1, 0.15) is 29.8 Å². The van der Waals surface area contributed by atoms with E-state index >= 15 is 0 Å². The molecule has 0 saturated carbocycles. The minimum Gasteiger partial charge on any atom is -0.490 e. The number of carbonyl (C=O) groups is 1. The Kier molecular flexibility index (Phi) is 7.47. The number of amides is 1. The van der Waals surface area contributed by atoms with Crippen molar-refractivity contribution >= 4 is 39.8 Å². The second kappa shape index (κ2) is 10.7. The Balaban J connectivity index is 1.30. The highest BCUT2D eigenvalue weighted by molar-refractivity contribution is 8.26. The normalized spacial score (nSPS) is 17.4. The highest BCUT2D eigenvalue weighted by Gasteiger charge is 2.35. The van der Waals surface area contributed by atoms with Crippen LogP contribution in [-0.2, 0) is 4.79 Å². The number of ether oxygens (including phenoxy) is 2. The number of rotatable bonds is 9. The van der Waals surface area contributed by atoms with Gasteiger partial charge in [-0.25, -0.2) is 0 Å². The highest BCUT2D eigenvalue weighted by atomic mass is 32.2. The van der Waals surface area contributed by atoms with Gasteiger partial charge < -0.3 is 9.47 Å². The molecule has 7 nitrogen and oxygen atoms in total. The van der Waals surface area contributed by atoms with Crippen molar-refractivity contribution in [2.75, 3.05) is 13.2 Å². The number of aliphatic imine (C=N–C) groups is 1. The van der Waals surface area contributed by atoms with Crippen molar-refractivity contribution < 1.29 is 14.3 Å². The molecule has 2 aromatic rings. The Bertz CT molecular complexity index is 1150. The molecule has 1 amide bonds. The summed E-state index contributed by atoms with van der Waals surface area (Å²) in [7, 11) is 0. The van der Waals surface area contributed by atoms with Gasteiger partial charge in [-0.3, -0.25) is 10.2 Å². The predicted octanol–water partition coefficient (Wildman–Crippen LogP) is 5.69. The summed E-state index contributed by atoms with van der Waals surface area (Å²) in [5.74, 6) is 1.70. The average molecular weight is 477 g/mol. The summed E-state index contributed by atoms with van der Waals surface area (Å²) in [6, 6.07) is 15.6. The monoisotopic (exact) mass is 476 g/mol. The largest absolute Gasteiger partial charge is 0.490 e. The van der Waals surface area contributed by atoms with Gasteiger partial charge >= 0.3 is 0 Å². The third-order valence-electron chi connectivity index (χ3n) is 5.67. The quantitative estimate of drug-likeness (QED) is 0.371. The molecule has 0 radical (unpaired) electrons. The zero-order chi connectivity index (χ0) is 24.1. The summed E-state index contributed by atoms with van der Waals surface area (Å²) >= 11 is 1.33. The van der Waals surface area contributed by atoms with E-state index in [4.69, 9.17) is 14.9 Å². The van der Waals surface area contributed by atoms with E-state index in [2.05, 4.69) is 36.1 Å². The Morgan fingerprint density at radius 2 is 1.65 bits per heavy atom. The summed E-state index contributed by atoms with van der Waals surface area (Å²) in [6.45, 7) is 7.24. The van der Waals surface area contributed by atoms with E-state index in [0.29, 0.717) is 30.0 Å². The van der Waals surface area contributed by atoms with Crippen LogP contribution < -0.4 is 9.47 Å². The lowest BCUT2D eigenvalue weighted by Gasteiger charge is -2.20. The van der Waals surface area contributed by atoms with Crippen molar-refractivity contribution in [3.63, 3.8) is 0 Å². The molecule has 0 bridgehead atoms. The zero-order valence-electron chi connectivity index (χ0n) is 19.6. The zero-order valence-corrected chi connectivity index (χ0v) is 20.4. The van der Waals surface area contributed by atoms with E-state index in [0.717, 1.165) is 29.2 Å². The lowest BCUT2D eigenvalue weighted by Crippen LogP contribution is -2.35. The molecule has 0 spiro atoms. The maximum atomic E-state index is 12.4. The first-order chi connectivity index (χ1) is 16.5. The molecule has 8 heteroatoms. The fraction of sp³-hybridized carbons (Fsp3) is 0.308. The van der Waals surface area contributed by atoms with E-state index in [1.165, 1.54) is 22.3 Å². The van der Waals surface area contributed by atoms with E-state index in [9.17, 15) is 4.79 Å². The molecule has 0 fully saturated rings. The Morgan fingerprint density at radius 3 is 2.24 bits per heavy atom. The molecule has 4 rings (SSSR count). The van der Waals surface area contributed by atoms with Gasteiger partial charge in [0.15, 0.2) is 5.84 Å². The van der Waals surface area contributed by atoms with Crippen LogP contribution in [0.4, 0.5) is 0 Å². The van der Waals surface area contributed by atoms with Gasteiger partial charge in [-0.15, -0.1) is 0 Å². The molecule has 0 saturated heterocycles. The number of hydrogen-bond acceptors (Lipinski definition) is 6. The van der Waals surface area contributed by atoms with E-state index in [1.807, 2.05) is 43.3 Å². The highest BCUT2D eigenvalue weighted by Crippen LogP contribution is 2.29. The minimum atomic E-state index is -0.425. The van der Waals surface area contributed by atoms with Gasteiger partial charge in [-0.2, -0.15) is 15.1 Å². The van der Waals surface area contributed by atoms with Crippen molar-refractivity contribution in [2.24, 2.45) is 10.1 Å². The van der Waals surface area contributed by atoms with Crippen LogP contribution >= 0.6 is 11.8 Å². The van der Waals surface area contributed by atoms with E-state index in [-0.39, 0.29) is 11.4 Å². The molecule has 2 heterocycles. The molecule has 2 aliphatic rings. The Hall–Kier alpha value is -3.39. The molecule has 34 heavy (non-hydrogen) atoms. The van der Waals surface area contributed by atoms with Crippen LogP contribution in [-0.4, -0.2) is 40.2 Å². The summed E-state index contributed by atoms with van der Waals surface area (Å²) in [5, 5.41) is 15.5. The molecule has 1 N–H and O–H groups in total. The fourth-order valence-electron chi connectivity index (χ4n) is 3.45. The molecule has 1 unspecified atom stereocenters. The van der Waals surface area contributed by atoms with Crippen LogP contribution in [0.2, 0.25) is 0 Å². The standard InChI is InChI=1S/C26H28N4O3S/c1-4-17(3)19-8-12-21(13-9-19)33-15-14-32-20-10-6-18(7-11-20)16-22-24(27)30-26(28-25(22)31)34-23(5-2)29-30/h6-13,16-17,27H,4-5,14-15H2,1-3H3/b22-16-,27-24?. The third kappa shape index (κ3) is 5.39. The number of carbonyl (C=O) groups excluding carboxylic acids is 1. The molecule has 0 aromatic heterocycles. The second-order valence-corrected chi connectivity index (χ2v) is 9.05. The molecule has 176 valence electrons. The molecule has 2 aliphatic heterocycles. The van der Waals surface area contributed by atoms with Crippen LogP contribution in [0, 0.1) is 5.41 Å². The predicted molar refractivity (Wildman–Crippen MR) is 138 cm³/mol. The maximum absolute atomic E-state index is 12.4. The van der Waals surface area contributed by atoms with Gasteiger partial charge in [0.2, 0.25) is 5.17 Å². The van der Waals surface area contributed by atoms with Gasteiger partial charge in [0.05, 0.1) is 5.57 Å². The molecule has 1 atom stereocenters. The van der Waals surface area contributed by atoms with Crippen molar-refractivity contribution in [3.8, 4) is 11.5 Å². The Morgan fingerprint density at radius 1 is 1.03 bits per heavy atom. The van der Waals surface area contributed by atoms with E-state index < -0.39 is 5.91 Å². The molecular weight excluding hydrogens is 448 g/mol. The minimum absolute atomic E-state index is 0.0422. The lowest BCUT2D eigenvalue weighted by atomic mass is 9.99. The number of nitrogens with one attached hydrogen (secondary N) is 1. The molecule has 0 aliphatic carbocycles. The third-order valence-corrected chi connectivity index (χ3v) is 6.72. The average Bonchev–Trinajstić information content (AvgIpc) is 3.28. The summed E-state index contributed by atoms with van der Waals surface area (Å²) in [5.41, 5.74) is 2.31. The Labute approximate surface area is 204 Å². The number of benzene rings is 2. The van der Waals surface area contributed by atoms with Crippen LogP contribution in [0.15, 0.2) is 64.2 Å². The number of nitrogens with zero attached hydrogens (tertiary/aromatic N) is 3. The first kappa shape index (κ1) is 23.8. The topological polar surface area (TPSA) is 87.3 Å². The number of hydrogen-bond donors (Lipinski definition) is 1. The smallest absolute Gasteiger partial charge is 0.283 e. The van der Waals surface area contributed by atoms with Crippen molar-refractivity contribution in [1.29, 1.82) is 5.41 Å². The van der Waals surface area contributed by atoms with Crippen LogP contribution in [0.5, 0.6) is 11.5 Å². The number of thioether (sulfide) groups is 1. The first-order valence-electron chi connectivity index (χ1n) is 11.4. The summed E-state index contributed by atoms with van der Waals surface area (Å²) in [4.78, 5) is 16.5. The summed E-state index contributed by atoms with van der Waals surface area (Å²) < 4.78 is 11.5. The summed E-state index contributed by atoms with van der Waals surface area (Å²) in [6.07, 6.45) is 3.51. The van der Waals surface area contributed by atoms with Gasteiger partial charge in [0, 0.05) is 0 Å². The maximum Gasteiger partial charge on any atom is 0.283 e. The second-order valence-electron chi connectivity index (χ2n) is 8.01. The molecular formula is C26H28N4O3S. The van der Waals surface area contributed by atoms with E-state index in [1.54, 1.807) is 6.08 Å². The van der Waals surface area contributed by atoms with Crippen molar-refractivity contribution in [1.82, 2.24) is 5.01 Å². The number of amidine groups is 2. The van der Waals surface area contributed by atoms with Crippen molar-refractivity contribution in [3.05, 3.63) is 65.2 Å². The first-order valence-corrected chi connectivity index (χ1v) is 12.2.